The van der Waals surface area contributed by atoms with Crippen LogP contribution >= 0.6 is 0 Å². The van der Waals surface area contributed by atoms with E-state index in [2.05, 4.69) is 19.9 Å². The second-order valence-corrected chi connectivity index (χ2v) is 6.53. The first-order chi connectivity index (χ1) is 18.0. The number of carboxylic acids is 4. The predicted molar refractivity (Wildman–Crippen MR) is 130 cm³/mol. The molecule has 0 radical (unpaired) electrons. The Morgan fingerprint density at radius 3 is 1.10 bits per heavy atom. The van der Waals surface area contributed by atoms with Crippen LogP contribution in [0.25, 0.3) is 0 Å². The first-order valence-corrected chi connectivity index (χ1v) is 10.1. The van der Waals surface area contributed by atoms with Crippen LogP contribution in [-0.2, 0) is 0 Å². The van der Waals surface area contributed by atoms with Crippen molar-refractivity contribution in [2.24, 2.45) is 0 Å². The largest absolute Gasteiger partial charge is 3.00 e. The molecule has 15 heteroatoms. The third kappa shape index (κ3) is 14.9. The number of hydrogen-bond donors (Lipinski definition) is 6. The molecule has 0 atom stereocenters. The Kier molecular flexibility index (Phi) is 16.7. The number of carboxylic acid groups (broad SMARTS) is 4. The standard InChI is InChI=1S/2C6H5NO3.2C6H5NO2.Eu/c2*8-4-1-2-7-5(3-4)6(9)10;2*8-6(9)5-3-1-2-4-7-5;/h2*1-3H,(H,7,8)(H,9,10);2*1-4H,(H,8,9);/q;;;;+3. The van der Waals surface area contributed by atoms with Crippen molar-refractivity contribution < 1.29 is 89.0 Å². The summed E-state index contributed by atoms with van der Waals surface area (Å²) in [6.07, 6.45) is 5.49. The van der Waals surface area contributed by atoms with Gasteiger partial charge in [-0.3, -0.25) is 9.59 Å². The van der Waals surface area contributed by atoms with E-state index < -0.39 is 23.9 Å². The summed E-state index contributed by atoms with van der Waals surface area (Å²) in [5.41, 5.74) is -0.637. The fourth-order valence-corrected chi connectivity index (χ4v) is 2.12. The van der Waals surface area contributed by atoms with E-state index in [1.807, 2.05) is 0 Å². The van der Waals surface area contributed by atoms with Crippen molar-refractivity contribution in [3.8, 4) is 0 Å². The van der Waals surface area contributed by atoms with Crippen LogP contribution in [0.4, 0.5) is 0 Å². The van der Waals surface area contributed by atoms with E-state index in [4.69, 9.17) is 20.4 Å². The van der Waals surface area contributed by atoms with Gasteiger partial charge in [-0.25, -0.2) is 29.1 Å². The van der Waals surface area contributed by atoms with Crippen molar-refractivity contribution in [2.75, 3.05) is 0 Å². The zero-order valence-electron chi connectivity index (χ0n) is 19.6. The van der Waals surface area contributed by atoms with E-state index in [1.54, 1.807) is 24.3 Å². The van der Waals surface area contributed by atoms with Gasteiger partial charge >= 0.3 is 73.3 Å². The Balaban J connectivity index is 0.000000490. The molecule has 0 spiro atoms. The summed E-state index contributed by atoms with van der Waals surface area (Å²) in [5, 5.41) is 33.3. The van der Waals surface area contributed by atoms with Gasteiger partial charge in [-0.15, -0.1) is 0 Å². The zero-order chi connectivity index (χ0) is 28.5. The van der Waals surface area contributed by atoms with Gasteiger partial charge < -0.3 is 30.4 Å². The van der Waals surface area contributed by atoms with Crippen LogP contribution in [-0.4, -0.2) is 64.2 Å². The number of pyridine rings is 4. The Hall–Kier alpha value is -4.34. The minimum Gasteiger partial charge on any atom is -0.477 e. The second-order valence-electron chi connectivity index (χ2n) is 6.53. The Morgan fingerprint density at radius 1 is 0.564 bits per heavy atom. The maximum atomic E-state index is 10.5. The van der Waals surface area contributed by atoms with Gasteiger partial charge in [0.15, 0.2) is 10.9 Å². The van der Waals surface area contributed by atoms with Crippen LogP contribution in [0.1, 0.15) is 42.0 Å². The molecule has 0 aliphatic rings. The molecule has 0 saturated carbocycles. The summed E-state index contributed by atoms with van der Waals surface area (Å²) in [6.45, 7) is 0. The molecular formula is C24H20EuN4O10+3. The molecule has 14 nitrogen and oxygen atoms in total. The van der Waals surface area contributed by atoms with Crippen LogP contribution in [0, 0.1) is 49.4 Å². The van der Waals surface area contributed by atoms with Crippen molar-refractivity contribution >= 4 is 23.9 Å². The minimum absolute atomic E-state index is 0. The van der Waals surface area contributed by atoms with Gasteiger partial charge in [0.05, 0.1) is 0 Å². The summed E-state index contributed by atoms with van der Waals surface area (Å²) < 4.78 is 0. The van der Waals surface area contributed by atoms with E-state index in [-0.39, 0.29) is 83.0 Å². The first-order valence-electron chi connectivity index (χ1n) is 10.1. The smallest absolute Gasteiger partial charge is 0.477 e. The number of aromatic carboxylic acids is 4. The van der Waals surface area contributed by atoms with E-state index in [9.17, 15) is 28.8 Å². The molecule has 39 heavy (non-hydrogen) atoms. The van der Waals surface area contributed by atoms with E-state index in [0.717, 1.165) is 12.1 Å². The average molecular weight is 676 g/mol. The first kappa shape index (κ1) is 34.7. The number of H-pyrrole nitrogens is 2. The van der Waals surface area contributed by atoms with Crippen molar-refractivity contribution in [2.45, 2.75) is 0 Å². The molecule has 6 N–H and O–H groups in total. The fourth-order valence-electron chi connectivity index (χ4n) is 2.12. The Bertz CT molecular complexity index is 1360. The quantitative estimate of drug-likeness (QED) is 0.181. The molecule has 0 saturated heterocycles. The van der Waals surface area contributed by atoms with Crippen molar-refractivity contribution in [1.82, 2.24) is 19.9 Å². The third-order valence-electron chi connectivity index (χ3n) is 3.77. The van der Waals surface area contributed by atoms with Gasteiger partial charge in [0, 0.05) is 49.1 Å². The summed E-state index contributed by atoms with van der Waals surface area (Å²) in [6, 6.07) is 14.1. The number of rotatable bonds is 4. The van der Waals surface area contributed by atoms with Crippen LogP contribution in [0.2, 0.25) is 0 Å². The van der Waals surface area contributed by atoms with Gasteiger partial charge in [-0.05, 0) is 24.3 Å². The molecular weight excluding hydrogens is 656 g/mol. The molecule has 0 fully saturated rings. The van der Waals surface area contributed by atoms with E-state index >= 15 is 0 Å². The molecule has 4 aromatic rings. The normalized spacial score (nSPS) is 8.82. The number of nitrogens with one attached hydrogen (secondary N) is 2. The predicted octanol–water partition coefficient (Wildman–Crippen LogP) is 1.71. The van der Waals surface area contributed by atoms with Crippen LogP contribution in [0.3, 0.4) is 0 Å². The van der Waals surface area contributed by atoms with Gasteiger partial charge in [-0.2, -0.15) is 0 Å². The molecule has 200 valence electrons. The number of nitrogens with zero attached hydrogens (tertiary/aromatic N) is 2. The molecule has 0 aliphatic heterocycles. The van der Waals surface area contributed by atoms with Crippen molar-refractivity contribution in [1.29, 1.82) is 0 Å². The average Bonchev–Trinajstić information content (AvgIpc) is 2.91. The Morgan fingerprint density at radius 2 is 0.923 bits per heavy atom. The summed E-state index contributed by atoms with van der Waals surface area (Å²) >= 11 is 0. The number of aromatic amines is 2. The van der Waals surface area contributed by atoms with Crippen molar-refractivity contribution in [3.05, 3.63) is 129 Å². The fraction of sp³-hybridized carbons (Fsp3) is 0. The summed E-state index contributed by atoms with van der Waals surface area (Å²) in [4.78, 5) is 73.6. The second kappa shape index (κ2) is 18.8. The molecule has 0 amide bonds. The Labute approximate surface area is 259 Å². The maximum absolute atomic E-state index is 10.5. The maximum Gasteiger partial charge on any atom is 3.00 e. The summed E-state index contributed by atoms with van der Waals surface area (Å²) in [7, 11) is 0. The molecule has 0 unspecified atom stereocenters. The molecule has 0 aromatic carbocycles. The minimum atomic E-state index is -1.13. The van der Waals surface area contributed by atoms with Gasteiger partial charge in [0.2, 0.25) is 0 Å². The van der Waals surface area contributed by atoms with Gasteiger partial charge in [-0.1, -0.05) is 12.1 Å². The molecule has 0 aliphatic carbocycles. The monoisotopic (exact) mass is 677 g/mol. The van der Waals surface area contributed by atoms with Crippen LogP contribution in [0.5, 0.6) is 0 Å². The van der Waals surface area contributed by atoms with Crippen LogP contribution in [0.15, 0.2) is 95.0 Å². The molecule has 4 heterocycles. The van der Waals surface area contributed by atoms with Crippen LogP contribution < -0.4 is 10.9 Å². The number of aromatic nitrogens is 4. The van der Waals surface area contributed by atoms with Crippen molar-refractivity contribution in [3.63, 3.8) is 0 Å². The van der Waals surface area contributed by atoms with Gasteiger partial charge in [0.25, 0.3) is 0 Å². The third-order valence-corrected chi connectivity index (χ3v) is 3.77. The SMILES string of the molecule is O=C(O)c1cc(=O)cc[nH]1.O=C(O)c1cc(=O)cc[nH]1.O=C(O)c1ccccn1.O=C(O)c1ccccn1.[Eu+3]. The number of hydrogen-bond acceptors (Lipinski definition) is 8. The van der Waals surface area contributed by atoms with E-state index in [1.165, 1.54) is 49.1 Å². The topological polar surface area (TPSA) is 241 Å². The summed E-state index contributed by atoms with van der Waals surface area (Å²) in [5.74, 6) is -4.23. The molecule has 0 bridgehead atoms. The molecule has 4 aromatic heterocycles. The van der Waals surface area contributed by atoms with Gasteiger partial charge in [0.1, 0.15) is 22.8 Å². The molecule has 4 rings (SSSR count). The zero-order valence-corrected chi connectivity index (χ0v) is 22.0. The van der Waals surface area contributed by atoms with E-state index in [0.29, 0.717) is 0 Å². The number of carbonyl (C=O) groups is 4.